The van der Waals surface area contributed by atoms with Crippen LogP contribution in [-0.2, 0) is 4.79 Å². The summed E-state index contributed by atoms with van der Waals surface area (Å²) in [6.07, 6.45) is 0.246. The first-order valence-corrected chi connectivity index (χ1v) is 6.75. The molecule has 1 unspecified atom stereocenters. The number of hydrogen-bond donors (Lipinski definition) is 2. The van der Waals surface area contributed by atoms with Crippen LogP contribution in [0.3, 0.4) is 0 Å². The molecule has 0 spiro atoms. The number of amides is 1. The summed E-state index contributed by atoms with van der Waals surface area (Å²) in [4.78, 5) is 23.3. The Labute approximate surface area is 128 Å². The number of nitrogens with one attached hydrogen (secondary N) is 1. The predicted molar refractivity (Wildman–Crippen MR) is 77.8 cm³/mol. The number of carbonyl (C=O) groups is 2. The number of benzene rings is 1. The standard InChI is InChI=1S/C15H20FNO5/c1-8(2)5-11(15(19)20)17-14(18)9-6-12(21-3)13(22-4)7-10(9)16/h6-8,11H,5H2,1-4H3,(H,17,18)(H,19,20). The summed E-state index contributed by atoms with van der Waals surface area (Å²) >= 11 is 0. The minimum Gasteiger partial charge on any atom is -0.493 e. The van der Waals surface area contributed by atoms with Gasteiger partial charge in [-0.3, -0.25) is 4.79 Å². The van der Waals surface area contributed by atoms with Gasteiger partial charge in [-0.15, -0.1) is 0 Å². The van der Waals surface area contributed by atoms with Crippen molar-refractivity contribution in [3.63, 3.8) is 0 Å². The number of carboxylic acid groups (broad SMARTS) is 1. The average molecular weight is 313 g/mol. The Kier molecular flexibility index (Phi) is 6.15. The summed E-state index contributed by atoms with van der Waals surface area (Å²) in [6, 6.07) is 1.11. The van der Waals surface area contributed by atoms with Crippen molar-refractivity contribution >= 4 is 11.9 Å². The summed E-state index contributed by atoms with van der Waals surface area (Å²) in [5.41, 5.74) is -0.298. The molecule has 0 fully saturated rings. The molecule has 0 aromatic heterocycles. The molecule has 1 amide bonds. The van der Waals surface area contributed by atoms with Crippen molar-refractivity contribution in [2.24, 2.45) is 5.92 Å². The van der Waals surface area contributed by atoms with Crippen molar-refractivity contribution in [2.45, 2.75) is 26.3 Å². The van der Waals surface area contributed by atoms with Crippen LogP contribution >= 0.6 is 0 Å². The summed E-state index contributed by atoms with van der Waals surface area (Å²) in [5.74, 6) is -2.40. The van der Waals surface area contributed by atoms with Gasteiger partial charge in [0.15, 0.2) is 11.5 Å². The first-order valence-electron chi connectivity index (χ1n) is 6.75. The van der Waals surface area contributed by atoms with Crippen molar-refractivity contribution in [1.82, 2.24) is 5.32 Å². The average Bonchev–Trinajstić information content (AvgIpc) is 2.45. The first-order chi connectivity index (χ1) is 10.3. The van der Waals surface area contributed by atoms with E-state index >= 15 is 0 Å². The van der Waals surface area contributed by atoms with E-state index < -0.39 is 23.7 Å². The number of hydrogen-bond acceptors (Lipinski definition) is 4. The molecule has 0 aliphatic heterocycles. The number of carboxylic acids is 1. The van der Waals surface area contributed by atoms with E-state index in [1.54, 1.807) is 0 Å². The summed E-state index contributed by atoms with van der Waals surface area (Å²) < 4.78 is 23.9. The highest BCUT2D eigenvalue weighted by Gasteiger charge is 2.24. The van der Waals surface area contributed by atoms with Gasteiger partial charge in [-0.05, 0) is 18.4 Å². The van der Waals surface area contributed by atoms with E-state index in [1.807, 2.05) is 13.8 Å². The van der Waals surface area contributed by atoms with Crippen molar-refractivity contribution in [1.29, 1.82) is 0 Å². The van der Waals surface area contributed by atoms with Crippen LogP contribution in [0.25, 0.3) is 0 Å². The lowest BCUT2D eigenvalue weighted by Crippen LogP contribution is -2.41. The molecule has 2 N–H and O–H groups in total. The van der Waals surface area contributed by atoms with E-state index in [0.717, 1.165) is 6.07 Å². The van der Waals surface area contributed by atoms with E-state index in [9.17, 15) is 14.0 Å². The van der Waals surface area contributed by atoms with Crippen LogP contribution in [0.5, 0.6) is 11.5 Å². The first kappa shape index (κ1) is 17.7. The van der Waals surface area contributed by atoms with Crippen LogP contribution in [0, 0.1) is 11.7 Å². The fourth-order valence-electron chi connectivity index (χ4n) is 1.96. The zero-order valence-electron chi connectivity index (χ0n) is 13.0. The number of aliphatic carboxylic acids is 1. The number of carbonyl (C=O) groups excluding carboxylic acids is 1. The van der Waals surface area contributed by atoms with Gasteiger partial charge in [0, 0.05) is 6.07 Å². The molecule has 0 heterocycles. The fraction of sp³-hybridized carbons (Fsp3) is 0.467. The summed E-state index contributed by atoms with van der Waals surface area (Å²) in [5, 5.41) is 11.4. The van der Waals surface area contributed by atoms with Crippen molar-refractivity contribution in [2.75, 3.05) is 14.2 Å². The Bertz CT molecular complexity index is 559. The molecule has 22 heavy (non-hydrogen) atoms. The molecule has 1 atom stereocenters. The molecule has 6 nitrogen and oxygen atoms in total. The molecule has 122 valence electrons. The molecule has 0 saturated heterocycles. The van der Waals surface area contributed by atoms with Gasteiger partial charge in [0.25, 0.3) is 5.91 Å². The van der Waals surface area contributed by atoms with Crippen molar-refractivity contribution in [3.8, 4) is 11.5 Å². The van der Waals surface area contributed by atoms with E-state index in [2.05, 4.69) is 5.32 Å². The highest BCUT2D eigenvalue weighted by molar-refractivity contribution is 5.97. The summed E-state index contributed by atoms with van der Waals surface area (Å²) in [6.45, 7) is 3.66. The molecule has 0 aliphatic rings. The maximum atomic E-state index is 14.0. The lowest BCUT2D eigenvalue weighted by atomic mass is 10.0. The fourth-order valence-corrected chi connectivity index (χ4v) is 1.96. The zero-order chi connectivity index (χ0) is 16.9. The van der Waals surface area contributed by atoms with Gasteiger partial charge in [0.05, 0.1) is 19.8 Å². The predicted octanol–water partition coefficient (Wildman–Crippen LogP) is 2.07. The van der Waals surface area contributed by atoms with Crippen LogP contribution in [0.2, 0.25) is 0 Å². The molecule has 1 rings (SSSR count). The van der Waals surface area contributed by atoms with Crippen LogP contribution in [0.1, 0.15) is 30.6 Å². The highest BCUT2D eigenvalue weighted by atomic mass is 19.1. The SMILES string of the molecule is COc1cc(F)c(C(=O)NC(CC(C)C)C(=O)O)cc1OC. The third-order valence-electron chi connectivity index (χ3n) is 3.03. The molecule has 0 saturated carbocycles. The monoisotopic (exact) mass is 313 g/mol. The minimum absolute atomic E-state index is 0.0663. The largest absolute Gasteiger partial charge is 0.493 e. The van der Waals surface area contributed by atoms with Crippen LogP contribution in [-0.4, -0.2) is 37.2 Å². The van der Waals surface area contributed by atoms with Crippen LogP contribution in [0.4, 0.5) is 4.39 Å². The number of rotatable bonds is 7. The van der Waals surface area contributed by atoms with E-state index in [0.29, 0.717) is 0 Å². The lowest BCUT2D eigenvalue weighted by molar-refractivity contribution is -0.139. The maximum absolute atomic E-state index is 14.0. The second kappa shape index (κ2) is 7.63. The second-order valence-electron chi connectivity index (χ2n) is 5.18. The number of ether oxygens (including phenoxy) is 2. The molecular formula is C15H20FNO5. The molecular weight excluding hydrogens is 293 g/mol. The molecule has 0 bridgehead atoms. The third kappa shape index (κ3) is 4.34. The van der Waals surface area contributed by atoms with Gasteiger partial charge in [0.2, 0.25) is 0 Å². The van der Waals surface area contributed by atoms with Gasteiger partial charge in [-0.1, -0.05) is 13.8 Å². The van der Waals surface area contributed by atoms with Gasteiger partial charge >= 0.3 is 5.97 Å². The van der Waals surface area contributed by atoms with Crippen molar-refractivity contribution < 1.29 is 28.6 Å². The molecule has 7 heteroatoms. The Morgan fingerprint density at radius 2 is 1.77 bits per heavy atom. The minimum atomic E-state index is -1.16. The molecule has 0 radical (unpaired) electrons. The highest BCUT2D eigenvalue weighted by Crippen LogP contribution is 2.29. The molecule has 1 aromatic carbocycles. The normalized spacial score (nSPS) is 11.9. The number of methoxy groups -OCH3 is 2. The summed E-state index contributed by atoms with van der Waals surface area (Å²) in [7, 11) is 2.70. The Morgan fingerprint density at radius 1 is 1.23 bits per heavy atom. The Balaban J connectivity index is 3.04. The smallest absolute Gasteiger partial charge is 0.326 e. The van der Waals surface area contributed by atoms with Crippen molar-refractivity contribution in [3.05, 3.63) is 23.5 Å². The second-order valence-corrected chi connectivity index (χ2v) is 5.18. The third-order valence-corrected chi connectivity index (χ3v) is 3.03. The molecule has 1 aromatic rings. The van der Waals surface area contributed by atoms with E-state index in [4.69, 9.17) is 14.6 Å². The topological polar surface area (TPSA) is 84.9 Å². The van der Waals surface area contributed by atoms with Gasteiger partial charge < -0.3 is 19.9 Å². The van der Waals surface area contributed by atoms with Crippen LogP contribution < -0.4 is 14.8 Å². The zero-order valence-corrected chi connectivity index (χ0v) is 13.0. The Morgan fingerprint density at radius 3 is 2.23 bits per heavy atom. The van der Waals surface area contributed by atoms with E-state index in [1.165, 1.54) is 20.3 Å². The van der Waals surface area contributed by atoms with Gasteiger partial charge in [-0.25, -0.2) is 9.18 Å². The maximum Gasteiger partial charge on any atom is 0.326 e. The lowest BCUT2D eigenvalue weighted by Gasteiger charge is -2.17. The van der Waals surface area contributed by atoms with Crippen LogP contribution in [0.15, 0.2) is 12.1 Å². The molecule has 0 aliphatic carbocycles. The quantitative estimate of drug-likeness (QED) is 0.805. The van der Waals surface area contributed by atoms with E-state index in [-0.39, 0.29) is 29.4 Å². The van der Waals surface area contributed by atoms with Gasteiger partial charge in [0.1, 0.15) is 11.9 Å². The number of halogens is 1. The van der Waals surface area contributed by atoms with Gasteiger partial charge in [-0.2, -0.15) is 0 Å². The Hall–Kier alpha value is -2.31.